The van der Waals surface area contributed by atoms with Gasteiger partial charge >= 0.3 is 11.9 Å². The summed E-state index contributed by atoms with van der Waals surface area (Å²) in [5.74, 6) is 1.27. The standard InChI is InChI=1S/C31H48O5/c1-19(10-9-11-26(34)35-8)21-12-17-31(7)27-22(13-16-30(21,31)6)29(5)15-14-25(36-20(2)32)28(3,4)24(29)18-23(27)33/h13,19,21,24-25,27H,9-12,14-18H2,1-8H3/t19-,21-,24+,25+,27?,29-,30-,31+/m1/s1. The second kappa shape index (κ2) is 9.27. The number of rotatable bonds is 6. The summed E-state index contributed by atoms with van der Waals surface area (Å²) >= 11 is 0. The van der Waals surface area contributed by atoms with E-state index in [0.717, 1.165) is 44.9 Å². The summed E-state index contributed by atoms with van der Waals surface area (Å²) in [5.41, 5.74) is 1.15. The second-order valence-corrected chi connectivity index (χ2v) is 13.8. The fourth-order valence-corrected chi connectivity index (χ4v) is 9.59. The Kier molecular flexibility index (Phi) is 7.05. The van der Waals surface area contributed by atoms with Gasteiger partial charge in [0.2, 0.25) is 0 Å². The Labute approximate surface area is 218 Å². The first-order chi connectivity index (χ1) is 16.7. The third-order valence-electron chi connectivity index (χ3n) is 11.9. The smallest absolute Gasteiger partial charge is 0.305 e. The lowest BCUT2D eigenvalue weighted by molar-refractivity contribution is -0.172. The SMILES string of the molecule is COC(=O)CCC[C@@H](C)[C@H]1CC[C@@]2(C)C3C(=O)C[C@H]4C(C)(C)[C@@H](OC(C)=O)CC[C@]4(C)C3=CC[C@]12C. The van der Waals surface area contributed by atoms with Gasteiger partial charge in [0.15, 0.2) is 0 Å². The summed E-state index contributed by atoms with van der Waals surface area (Å²) in [6, 6.07) is 0. The van der Waals surface area contributed by atoms with Crippen LogP contribution in [0.15, 0.2) is 11.6 Å². The summed E-state index contributed by atoms with van der Waals surface area (Å²) in [4.78, 5) is 37.5. The Hall–Kier alpha value is -1.65. The highest BCUT2D eigenvalue weighted by molar-refractivity contribution is 5.87. The van der Waals surface area contributed by atoms with Crippen molar-refractivity contribution in [2.75, 3.05) is 7.11 Å². The van der Waals surface area contributed by atoms with Gasteiger partial charge in [-0.15, -0.1) is 0 Å². The monoisotopic (exact) mass is 500 g/mol. The molecule has 0 bridgehead atoms. The van der Waals surface area contributed by atoms with Crippen molar-refractivity contribution in [1.82, 2.24) is 0 Å². The number of allylic oxidation sites excluding steroid dienone is 2. The number of fused-ring (bicyclic) bond motifs is 5. The molecule has 4 rings (SSSR count). The molecule has 0 heterocycles. The zero-order chi connectivity index (χ0) is 26.7. The predicted octanol–water partition coefficient (Wildman–Crippen LogP) is 6.68. The van der Waals surface area contributed by atoms with Crippen LogP contribution in [0.25, 0.3) is 0 Å². The van der Waals surface area contributed by atoms with Crippen LogP contribution in [0, 0.1) is 45.3 Å². The Bertz CT molecular complexity index is 949. The molecule has 0 amide bonds. The van der Waals surface area contributed by atoms with Crippen molar-refractivity contribution >= 4 is 17.7 Å². The Morgan fingerprint density at radius 3 is 2.42 bits per heavy atom. The molecule has 0 aromatic heterocycles. The van der Waals surface area contributed by atoms with Crippen LogP contribution < -0.4 is 0 Å². The maximum absolute atomic E-state index is 14.1. The lowest BCUT2D eigenvalue weighted by Crippen LogP contribution is -2.60. The molecule has 4 aliphatic rings. The first-order valence-corrected chi connectivity index (χ1v) is 14.2. The fourth-order valence-electron chi connectivity index (χ4n) is 9.59. The van der Waals surface area contributed by atoms with Gasteiger partial charge in [-0.05, 0) is 78.9 Å². The van der Waals surface area contributed by atoms with E-state index in [4.69, 9.17) is 9.47 Å². The number of carbonyl (C=O) groups is 3. The normalized spacial score (nSPS) is 41.9. The number of ether oxygens (including phenoxy) is 2. The predicted molar refractivity (Wildman–Crippen MR) is 140 cm³/mol. The number of esters is 2. The van der Waals surface area contributed by atoms with Gasteiger partial charge in [0.25, 0.3) is 0 Å². The highest BCUT2D eigenvalue weighted by Gasteiger charge is 2.67. The van der Waals surface area contributed by atoms with Crippen LogP contribution in [-0.4, -0.2) is 30.9 Å². The molecular weight excluding hydrogens is 452 g/mol. The van der Waals surface area contributed by atoms with Crippen LogP contribution in [0.2, 0.25) is 0 Å². The van der Waals surface area contributed by atoms with Crippen LogP contribution in [0.4, 0.5) is 0 Å². The van der Waals surface area contributed by atoms with Gasteiger partial charge in [0.1, 0.15) is 11.9 Å². The van der Waals surface area contributed by atoms with E-state index in [1.807, 2.05) is 0 Å². The largest absolute Gasteiger partial charge is 0.469 e. The van der Waals surface area contributed by atoms with Crippen LogP contribution >= 0.6 is 0 Å². The highest BCUT2D eigenvalue weighted by Crippen LogP contribution is 2.72. The molecular formula is C31H48O5. The molecule has 36 heavy (non-hydrogen) atoms. The molecule has 3 fully saturated rings. The third kappa shape index (κ3) is 3.98. The number of ketones is 1. The van der Waals surface area contributed by atoms with E-state index in [1.165, 1.54) is 19.6 Å². The lowest BCUT2D eigenvalue weighted by atomic mass is 9.41. The minimum atomic E-state index is -0.242. The minimum Gasteiger partial charge on any atom is -0.469 e. The maximum Gasteiger partial charge on any atom is 0.305 e. The van der Waals surface area contributed by atoms with E-state index in [9.17, 15) is 14.4 Å². The zero-order valence-electron chi connectivity index (χ0n) is 23.9. The summed E-state index contributed by atoms with van der Waals surface area (Å²) in [5, 5.41) is 0. The molecule has 0 radical (unpaired) electrons. The minimum absolute atomic E-state index is 0.00848. The van der Waals surface area contributed by atoms with Gasteiger partial charge < -0.3 is 9.47 Å². The summed E-state index contributed by atoms with van der Waals surface area (Å²) in [6.07, 6.45) is 10.4. The molecule has 0 aromatic carbocycles. The van der Waals surface area contributed by atoms with Crippen molar-refractivity contribution in [3.8, 4) is 0 Å². The average molecular weight is 501 g/mol. The number of methoxy groups -OCH3 is 1. The van der Waals surface area contributed by atoms with E-state index >= 15 is 0 Å². The van der Waals surface area contributed by atoms with Gasteiger partial charge in [-0.2, -0.15) is 0 Å². The molecule has 5 heteroatoms. The van der Waals surface area contributed by atoms with E-state index < -0.39 is 0 Å². The fraction of sp³-hybridized carbons (Fsp3) is 0.839. The number of carbonyl (C=O) groups excluding carboxylic acids is 3. The first-order valence-electron chi connectivity index (χ1n) is 14.2. The van der Waals surface area contributed by atoms with E-state index in [1.54, 1.807) is 0 Å². The van der Waals surface area contributed by atoms with Gasteiger partial charge in [0, 0.05) is 31.1 Å². The Morgan fingerprint density at radius 2 is 1.78 bits per heavy atom. The lowest BCUT2D eigenvalue weighted by Gasteiger charge is -2.63. The molecule has 202 valence electrons. The van der Waals surface area contributed by atoms with Crippen molar-refractivity contribution in [2.45, 2.75) is 112 Å². The number of hydrogen-bond acceptors (Lipinski definition) is 5. The quantitative estimate of drug-likeness (QED) is 0.300. The van der Waals surface area contributed by atoms with Gasteiger partial charge in [-0.25, -0.2) is 0 Å². The highest BCUT2D eigenvalue weighted by atomic mass is 16.5. The van der Waals surface area contributed by atoms with E-state index in [2.05, 4.69) is 47.6 Å². The zero-order valence-corrected chi connectivity index (χ0v) is 23.9. The summed E-state index contributed by atoms with van der Waals surface area (Å²) < 4.78 is 10.6. The molecule has 3 saturated carbocycles. The van der Waals surface area contributed by atoms with Crippen LogP contribution in [0.1, 0.15) is 106 Å². The van der Waals surface area contributed by atoms with Crippen molar-refractivity contribution in [2.24, 2.45) is 45.3 Å². The molecule has 5 nitrogen and oxygen atoms in total. The van der Waals surface area contributed by atoms with E-state index in [-0.39, 0.29) is 51.5 Å². The Balaban J connectivity index is 1.62. The first kappa shape index (κ1) is 27.4. The van der Waals surface area contributed by atoms with Gasteiger partial charge in [-0.3, -0.25) is 14.4 Å². The average Bonchev–Trinajstić information content (AvgIpc) is 3.08. The number of Topliss-reactive ketones (excluding diaryl/α,β-unsaturated/α-hetero) is 1. The van der Waals surface area contributed by atoms with Crippen LogP contribution in [0.5, 0.6) is 0 Å². The van der Waals surface area contributed by atoms with Crippen molar-refractivity contribution in [3.63, 3.8) is 0 Å². The molecule has 1 unspecified atom stereocenters. The molecule has 0 saturated heterocycles. The topological polar surface area (TPSA) is 69.7 Å². The summed E-state index contributed by atoms with van der Waals surface area (Å²) in [7, 11) is 1.46. The van der Waals surface area contributed by atoms with Crippen molar-refractivity contribution < 1.29 is 23.9 Å². The van der Waals surface area contributed by atoms with Crippen LogP contribution in [0.3, 0.4) is 0 Å². The molecule has 0 spiro atoms. The molecule has 8 atom stereocenters. The van der Waals surface area contributed by atoms with Crippen molar-refractivity contribution in [1.29, 1.82) is 0 Å². The van der Waals surface area contributed by atoms with Crippen LogP contribution in [-0.2, 0) is 23.9 Å². The van der Waals surface area contributed by atoms with Gasteiger partial charge in [0.05, 0.1) is 7.11 Å². The molecule has 0 N–H and O–H groups in total. The third-order valence-corrected chi connectivity index (χ3v) is 11.9. The van der Waals surface area contributed by atoms with E-state index in [0.29, 0.717) is 30.5 Å². The Morgan fingerprint density at radius 1 is 1.08 bits per heavy atom. The van der Waals surface area contributed by atoms with Crippen molar-refractivity contribution in [3.05, 3.63) is 11.6 Å². The molecule has 4 aliphatic carbocycles. The summed E-state index contributed by atoms with van der Waals surface area (Å²) in [6.45, 7) is 15.5. The molecule has 0 aromatic rings. The number of hydrogen-bond donors (Lipinski definition) is 0. The molecule has 0 aliphatic heterocycles. The van der Waals surface area contributed by atoms with Gasteiger partial charge in [-0.1, -0.05) is 53.2 Å². The second-order valence-electron chi connectivity index (χ2n) is 13.8. The maximum atomic E-state index is 14.1.